The lowest BCUT2D eigenvalue weighted by Gasteiger charge is -2.18. The minimum absolute atomic E-state index is 0.513. The lowest BCUT2D eigenvalue weighted by molar-refractivity contribution is -0.192. The van der Waals surface area contributed by atoms with Crippen LogP contribution >= 0.6 is 11.6 Å². The van der Waals surface area contributed by atoms with Crippen molar-refractivity contribution >= 4 is 23.3 Å². The van der Waals surface area contributed by atoms with Gasteiger partial charge in [0.1, 0.15) is 6.07 Å². The molecule has 1 heterocycles. The first-order chi connectivity index (χ1) is 11.6. The highest BCUT2D eigenvalue weighted by Gasteiger charge is 2.38. The monoisotopic (exact) mass is 377 g/mol. The second-order valence-corrected chi connectivity index (χ2v) is 6.10. The van der Waals surface area contributed by atoms with Crippen molar-refractivity contribution < 1.29 is 23.1 Å². The van der Waals surface area contributed by atoms with E-state index in [0.29, 0.717) is 22.5 Å². The summed E-state index contributed by atoms with van der Waals surface area (Å²) in [6, 6.07) is 6.31. The molecule has 0 spiro atoms. The zero-order chi connectivity index (χ0) is 19.2. The van der Waals surface area contributed by atoms with Crippen LogP contribution in [0.2, 0.25) is 5.02 Å². The second-order valence-electron chi connectivity index (χ2n) is 5.72. The van der Waals surface area contributed by atoms with Crippen LogP contribution in [0.4, 0.5) is 18.9 Å². The topological polar surface area (TPSA) is 85.1 Å². The van der Waals surface area contributed by atoms with E-state index in [1.807, 2.05) is 13.0 Å². The summed E-state index contributed by atoms with van der Waals surface area (Å²) in [5, 5.41) is 23.5. The number of nitrogens with one attached hydrogen (secondary N) is 2. The summed E-state index contributed by atoms with van der Waals surface area (Å²) in [4.78, 5) is 8.90. The van der Waals surface area contributed by atoms with E-state index < -0.39 is 12.1 Å². The summed E-state index contributed by atoms with van der Waals surface area (Å²) < 4.78 is 31.7. The molecule has 1 aromatic rings. The van der Waals surface area contributed by atoms with Gasteiger partial charge in [0.25, 0.3) is 0 Å². The average Bonchev–Trinajstić information content (AvgIpc) is 2.94. The van der Waals surface area contributed by atoms with Crippen LogP contribution in [-0.4, -0.2) is 36.4 Å². The number of hydrogen-bond acceptors (Lipinski definition) is 4. The van der Waals surface area contributed by atoms with Crippen molar-refractivity contribution in [2.24, 2.45) is 5.92 Å². The van der Waals surface area contributed by atoms with E-state index in [-0.39, 0.29) is 0 Å². The average molecular weight is 378 g/mol. The van der Waals surface area contributed by atoms with Crippen molar-refractivity contribution in [1.82, 2.24) is 5.32 Å². The fourth-order valence-electron chi connectivity index (χ4n) is 2.35. The van der Waals surface area contributed by atoms with Crippen LogP contribution in [0.25, 0.3) is 0 Å². The molecule has 0 bridgehead atoms. The molecule has 1 fully saturated rings. The highest BCUT2D eigenvalue weighted by atomic mass is 35.5. The fraction of sp³-hybridized carbons (Fsp3) is 0.500. The Labute approximate surface area is 148 Å². The molecule has 25 heavy (non-hydrogen) atoms. The first-order valence-electron chi connectivity index (χ1n) is 7.54. The van der Waals surface area contributed by atoms with Crippen LogP contribution in [0, 0.1) is 24.2 Å². The molecule has 5 nitrogen and oxygen atoms in total. The molecule has 0 aromatic heterocycles. The molecule has 0 amide bonds. The molecule has 2 rings (SSSR count). The van der Waals surface area contributed by atoms with Crippen LogP contribution in [0.5, 0.6) is 0 Å². The first-order valence-corrected chi connectivity index (χ1v) is 7.92. The van der Waals surface area contributed by atoms with Gasteiger partial charge in [0.05, 0.1) is 10.6 Å². The summed E-state index contributed by atoms with van der Waals surface area (Å²) in [7, 11) is 0. The summed E-state index contributed by atoms with van der Waals surface area (Å²) in [6.07, 6.45) is -3.85. The Bertz CT molecular complexity index is 659. The molecule has 3 N–H and O–H groups in total. The molecule has 0 radical (unpaired) electrons. The Balaban J connectivity index is 0.000000381. The highest BCUT2D eigenvalue weighted by Crippen LogP contribution is 2.27. The maximum absolute atomic E-state index is 10.6. The van der Waals surface area contributed by atoms with E-state index in [4.69, 9.17) is 26.8 Å². The van der Waals surface area contributed by atoms with Gasteiger partial charge < -0.3 is 15.7 Å². The highest BCUT2D eigenvalue weighted by molar-refractivity contribution is 6.32. The van der Waals surface area contributed by atoms with E-state index in [9.17, 15) is 13.2 Å². The minimum atomic E-state index is -5.08. The molecule has 1 aliphatic rings. The van der Waals surface area contributed by atoms with Crippen molar-refractivity contribution in [3.8, 4) is 6.07 Å². The lowest BCUT2D eigenvalue weighted by atomic mass is 10.0. The number of nitriles is 1. The number of benzene rings is 1. The number of carboxylic acids is 1. The van der Waals surface area contributed by atoms with Crippen molar-refractivity contribution in [2.75, 3.05) is 18.4 Å². The molecular weight excluding hydrogens is 359 g/mol. The van der Waals surface area contributed by atoms with Gasteiger partial charge in [-0.3, -0.25) is 0 Å². The smallest absolute Gasteiger partial charge is 0.475 e. The SMILES string of the molecule is Cc1c(NC[C@H]2NCC[C@@H]2C)ccc(C#N)c1Cl.O=C(O)C(F)(F)F. The number of aliphatic carboxylic acids is 1. The predicted octanol–water partition coefficient (Wildman–Crippen LogP) is 3.56. The zero-order valence-electron chi connectivity index (χ0n) is 13.7. The number of carbonyl (C=O) groups is 1. The Hall–Kier alpha value is -1.98. The molecule has 9 heteroatoms. The molecule has 1 aromatic carbocycles. The van der Waals surface area contributed by atoms with Crippen LogP contribution in [0.15, 0.2) is 12.1 Å². The second kappa shape index (κ2) is 8.92. The fourth-order valence-corrected chi connectivity index (χ4v) is 2.56. The van der Waals surface area contributed by atoms with E-state index >= 15 is 0 Å². The minimum Gasteiger partial charge on any atom is -0.475 e. The summed E-state index contributed by atoms with van der Waals surface area (Å²) in [5.41, 5.74) is 2.49. The van der Waals surface area contributed by atoms with Gasteiger partial charge in [0.15, 0.2) is 0 Å². The number of alkyl halides is 3. The Morgan fingerprint density at radius 2 is 2.12 bits per heavy atom. The summed E-state index contributed by atoms with van der Waals surface area (Å²) in [6.45, 7) is 6.20. The Kier molecular flexibility index (Phi) is 7.52. The molecule has 0 unspecified atom stereocenters. The van der Waals surface area contributed by atoms with Gasteiger partial charge in [-0.25, -0.2) is 4.79 Å². The number of halogens is 4. The van der Waals surface area contributed by atoms with Crippen molar-refractivity contribution in [3.63, 3.8) is 0 Å². The largest absolute Gasteiger partial charge is 0.490 e. The van der Waals surface area contributed by atoms with E-state index in [1.54, 1.807) is 6.07 Å². The normalized spacial score (nSPS) is 19.6. The quantitative estimate of drug-likeness (QED) is 0.750. The predicted molar refractivity (Wildman–Crippen MR) is 88.7 cm³/mol. The van der Waals surface area contributed by atoms with Gasteiger partial charge in [-0.2, -0.15) is 18.4 Å². The van der Waals surface area contributed by atoms with Gasteiger partial charge in [0.2, 0.25) is 0 Å². The van der Waals surface area contributed by atoms with E-state index in [2.05, 4.69) is 23.6 Å². The number of hydrogen-bond donors (Lipinski definition) is 3. The van der Waals surface area contributed by atoms with Crippen LogP contribution in [0.1, 0.15) is 24.5 Å². The maximum Gasteiger partial charge on any atom is 0.490 e. The van der Waals surface area contributed by atoms with Crippen LogP contribution in [0.3, 0.4) is 0 Å². The third-order valence-corrected chi connectivity index (χ3v) is 4.44. The van der Waals surface area contributed by atoms with Gasteiger partial charge in [-0.1, -0.05) is 18.5 Å². The standard InChI is InChI=1S/C14H18ClN3.C2HF3O2/c1-9-5-6-17-13(9)8-18-12-4-3-11(7-16)14(15)10(12)2;3-2(4,5)1(6)7/h3-4,9,13,17-18H,5-6,8H2,1-2H3;(H,6,7)/t9-,13+;/m0./s1. The zero-order valence-corrected chi connectivity index (χ0v) is 14.5. The van der Waals surface area contributed by atoms with Crippen molar-refractivity contribution in [1.29, 1.82) is 5.26 Å². The van der Waals surface area contributed by atoms with Gasteiger partial charge >= 0.3 is 12.1 Å². The van der Waals surface area contributed by atoms with Crippen molar-refractivity contribution in [3.05, 3.63) is 28.3 Å². The number of carboxylic acid groups (broad SMARTS) is 1. The van der Waals surface area contributed by atoms with Gasteiger partial charge in [-0.05, 0) is 43.5 Å². The Morgan fingerprint density at radius 3 is 2.56 bits per heavy atom. The molecule has 1 saturated heterocycles. The molecule has 1 aliphatic heterocycles. The van der Waals surface area contributed by atoms with E-state index in [1.165, 1.54) is 6.42 Å². The number of rotatable bonds is 3. The summed E-state index contributed by atoms with van der Waals surface area (Å²) in [5.74, 6) is -2.06. The Morgan fingerprint density at radius 1 is 1.52 bits per heavy atom. The molecule has 2 atom stereocenters. The third-order valence-electron chi connectivity index (χ3n) is 3.95. The van der Waals surface area contributed by atoms with Crippen molar-refractivity contribution in [2.45, 2.75) is 32.5 Å². The van der Waals surface area contributed by atoms with Crippen LogP contribution in [-0.2, 0) is 4.79 Å². The first kappa shape index (κ1) is 21.1. The van der Waals surface area contributed by atoms with Gasteiger partial charge in [-0.15, -0.1) is 0 Å². The maximum atomic E-state index is 10.6. The summed E-state index contributed by atoms with van der Waals surface area (Å²) >= 11 is 6.14. The molecule has 138 valence electrons. The molecule has 0 saturated carbocycles. The molecular formula is C16H19ClF3N3O2. The lowest BCUT2D eigenvalue weighted by Crippen LogP contribution is -2.33. The number of nitrogens with zero attached hydrogens (tertiary/aromatic N) is 1. The van der Waals surface area contributed by atoms with Crippen LogP contribution < -0.4 is 10.6 Å². The third kappa shape index (κ3) is 6.11. The molecule has 0 aliphatic carbocycles. The van der Waals surface area contributed by atoms with E-state index in [0.717, 1.165) is 24.3 Å². The van der Waals surface area contributed by atoms with Gasteiger partial charge in [0, 0.05) is 18.3 Å². The number of anilines is 1.